The molecular formula is C18H17FN4O3. The van der Waals surface area contributed by atoms with Gasteiger partial charge in [-0.25, -0.2) is 4.39 Å². The van der Waals surface area contributed by atoms with Crippen LogP contribution in [0.1, 0.15) is 5.56 Å². The number of nitro benzene ring substituents is 1. The second kappa shape index (κ2) is 7.27. The first-order chi connectivity index (χ1) is 12.5. The number of hydrogen-bond acceptors (Lipinski definition) is 6. The van der Waals surface area contributed by atoms with Gasteiger partial charge in [-0.2, -0.15) is 5.26 Å². The highest BCUT2D eigenvalue weighted by Gasteiger charge is 2.25. The van der Waals surface area contributed by atoms with Gasteiger partial charge < -0.3 is 14.5 Å². The van der Waals surface area contributed by atoms with Gasteiger partial charge in [-0.15, -0.1) is 0 Å². The summed E-state index contributed by atoms with van der Waals surface area (Å²) in [5.74, 6) is 0.0975. The van der Waals surface area contributed by atoms with Crippen LogP contribution < -0.4 is 14.5 Å². The molecule has 0 bridgehead atoms. The zero-order valence-corrected chi connectivity index (χ0v) is 14.2. The third-order valence-corrected chi connectivity index (χ3v) is 4.40. The predicted octanol–water partition coefficient (Wildman–Crippen LogP) is 2.94. The number of methoxy groups -OCH3 is 1. The van der Waals surface area contributed by atoms with E-state index >= 15 is 0 Å². The smallest absolute Gasteiger partial charge is 0.293 e. The van der Waals surface area contributed by atoms with Crippen LogP contribution in [0.15, 0.2) is 36.4 Å². The lowest BCUT2D eigenvalue weighted by Crippen LogP contribution is -2.46. The van der Waals surface area contributed by atoms with E-state index in [1.807, 2.05) is 11.0 Å². The Morgan fingerprint density at radius 2 is 1.73 bits per heavy atom. The average Bonchev–Trinajstić information content (AvgIpc) is 2.67. The van der Waals surface area contributed by atoms with Gasteiger partial charge in [-0.05, 0) is 24.3 Å². The molecule has 0 aliphatic carbocycles. The van der Waals surface area contributed by atoms with E-state index in [4.69, 9.17) is 10.00 Å². The summed E-state index contributed by atoms with van der Waals surface area (Å²) in [7, 11) is 1.49. The van der Waals surface area contributed by atoms with Crippen LogP contribution in [0.2, 0.25) is 0 Å². The summed E-state index contributed by atoms with van der Waals surface area (Å²) in [6, 6.07) is 10.8. The van der Waals surface area contributed by atoms with Crippen molar-refractivity contribution in [3.8, 4) is 11.8 Å². The van der Waals surface area contributed by atoms with E-state index in [-0.39, 0.29) is 17.1 Å². The molecular weight excluding hydrogens is 339 g/mol. The maximum atomic E-state index is 13.4. The summed E-state index contributed by atoms with van der Waals surface area (Å²) in [6.07, 6.45) is 0. The average molecular weight is 356 g/mol. The molecule has 0 aromatic heterocycles. The van der Waals surface area contributed by atoms with Crippen molar-refractivity contribution < 1.29 is 14.1 Å². The SMILES string of the molecule is COc1cc(F)ccc1N1CCN(c2ccc(C#N)cc2[N+](=O)[O-])CC1. The van der Waals surface area contributed by atoms with Crippen LogP contribution in [0.25, 0.3) is 0 Å². The Bertz CT molecular complexity index is 873. The van der Waals surface area contributed by atoms with Crippen molar-refractivity contribution >= 4 is 17.1 Å². The second-order valence-corrected chi connectivity index (χ2v) is 5.86. The highest BCUT2D eigenvalue weighted by Crippen LogP contribution is 2.33. The van der Waals surface area contributed by atoms with Crippen LogP contribution in [0.5, 0.6) is 5.75 Å². The molecule has 1 aliphatic rings. The summed E-state index contributed by atoms with van der Waals surface area (Å²) < 4.78 is 18.6. The van der Waals surface area contributed by atoms with Crippen molar-refractivity contribution in [1.29, 1.82) is 5.26 Å². The van der Waals surface area contributed by atoms with Gasteiger partial charge in [-0.3, -0.25) is 10.1 Å². The van der Waals surface area contributed by atoms with Crippen LogP contribution in [-0.4, -0.2) is 38.2 Å². The van der Waals surface area contributed by atoms with Crippen molar-refractivity contribution in [1.82, 2.24) is 0 Å². The monoisotopic (exact) mass is 356 g/mol. The van der Waals surface area contributed by atoms with Crippen LogP contribution in [0.3, 0.4) is 0 Å². The van der Waals surface area contributed by atoms with Gasteiger partial charge in [0.1, 0.15) is 17.3 Å². The lowest BCUT2D eigenvalue weighted by molar-refractivity contribution is -0.384. The largest absolute Gasteiger partial charge is 0.494 e. The van der Waals surface area contributed by atoms with Crippen LogP contribution in [0.4, 0.5) is 21.5 Å². The third-order valence-electron chi connectivity index (χ3n) is 4.40. The molecule has 0 N–H and O–H groups in total. The van der Waals surface area contributed by atoms with E-state index < -0.39 is 4.92 Å². The molecule has 1 aliphatic heterocycles. The highest BCUT2D eigenvalue weighted by molar-refractivity contribution is 5.67. The fourth-order valence-electron chi connectivity index (χ4n) is 3.11. The Morgan fingerprint density at radius 1 is 1.12 bits per heavy atom. The van der Waals surface area contributed by atoms with Crippen molar-refractivity contribution in [2.45, 2.75) is 0 Å². The zero-order chi connectivity index (χ0) is 18.7. The van der Waals surface area contributed by atoms with Crippen molar-refractivity contribution in [3.63, 3.8) is 0 Å². The first-order valence-electron chi connectivity index (χ1n) is 8.05. The molecule has 0 saturated carbocycles. The summed E-state index contributed by atoms with van der Waals surface area (Å²) in [5.41, 5.74) is 1.48. The number of nitrogens with zero attached hydrogens (tertiary/aromatic N) is 4. The van der Waals surface area contributed by atoms with E-state index in [2.05, 4.69) is 4.90 Å². The van der Waals surface area contributed by atoms with Gasteiger partial charge in [0.15, 0.2) is 0 Å². The lowest BCUT2D eigenvalue weighted by Gasteiger charge is -2.37. The maximum Gasteiger partial charge on any atom is 0.293 e. The van der Waals surface area contributed by atoms with Gasteiger partial charge in [0.05, 0.1) is 29.4 Å². The zero-order valence-electron chi connectivity index (χ0n) is 14.2. The first-order valence-corrected chi connectivity index (χ1v) is 8.05. The Hall–Kier alpha value is -3.34. The third kappa shape index (κ3) is 3.37. The molecule has 1 fully saturated rings. The fraction of sp³-hybridized carbons (Fsp3) is 0.278. The van der Waals surface area contributed by atoms with Crippen LogP contribution >= 0.6 is 0 Å². The molecule has 0 unspecified atom stereocenters. The standard InChI is InChI=1S/C18H17FN4O3/c1-26-18-11-14(19)3-5-16(18)22-8-6-21(7-9-22)15-4-2-13(12-20)10-17(15)23(24)25/h2-5,10-11H,6-9H2,1H3. The molecule has 7 nitrogen and oxygen atoms in total. The summed E-state index contributed by atoms with van der Waals surface area (Å²) in [4.78, 5) is 14.9. The lowest BCUT2D eigenvalue weighted by atomic mass is 10.1. The molecule has 0 amide bonds. The summed E-state index contributed by atoms with van der Waals surface area (Å²) in [5, 5.41) is 20.3. The number of piperazine rings is 1. The van der Waals surface area contributed by atoms with Crippen molar-refractivity contribution in [2.75, 3.05) is 43.1 Å². The van der Waals surface area contributed by atoms with Crippen molar-refractivity contribution in [2.24, 2.45) is 0 Å². The molecule has 2 aromatic carbocycles. The van der Waals surface area contributed by atoms with E-state index in [9.17, 15) is 14.5 Å². The first kappa shape index (κ1) is 17.5. The van der Waals surface area contributed by atoms with Gasteiger partial charge in [-0.1, -0.05) is 0 Å². The number of hydrogen-bond donors (Lipinski definition) is 0. The fourth-order valence-corrected chi connectivity index (χ4v) is 3.11. The molecule has 0 radical (unpaired) electrons. The molecule has 0 spiro atoms. The number of ether oxygens (including phenoxy) is 1. The Morgan fingerprint density at radius 3 is 2.31 bits per heavy atom. The van der Waals surface area contributed by atoms with Gasteiger partial charge in [0.2, 0.25) is 0 Å². The Labute approximate surface area is 150 Å². The number of rotatable bonds is 4. The number of anilines is 2. The number of nitriles is 1. The molecule has 0 atom stereocenters. The molecule has 3 rings (SSSR count). The predicted molar refractivity (Wildman–Crippen MR) is 95.2 cm³/mol. The maximum absolute atomic E-state index is 13.4. The minimum atomic E-state index is -0.467. The molecule has 1 saturated heterocycles. The highest BCUT2D eigenvalue weighted by atomic mass is 19.1. The quantitative estimate of drug-likeness (QED) is 0.619. The Balaban J connectivity index is 1.79. The Kier molecular flexibility index (Phi) is 4.89. The van der Waals surface area contributed by atoms with Gasteiger partial charge >= 0.3 is 0 Å². The van der Waals surface area contributed by atoms with Crippen LogP contribution in [0, 0.1) is 27.3 Å². The minimum Gasteiger partial charge on any atom is -0.494 e. The van der Waals surface area contributed by atoms with E-state index in [1.165, 1.54) is 25.3 Å². The van der Waals surface area contributed by atoms with E-state index in [0.717, 1.165) is 5.69 Å². The molecule has 2 aromatic rings. The number of nitro groups is 1. The summed E-state index contributed by atoms with van der Waals surface area (Å²) in [6.45, 7) is 2.35. The van der Waals surface area contributed by atoms with E-state index in [0.29, 0.717) is 37.6 Å². The molecule has 134 valence electrons. The van der Waals surface area contributed by atoms with E-state index in [1.54, 1.807) is 18.2 Å². The summed E-state index contributed by atoms with van der Waals surface area (Å²) >= 11 is 0. The number of benzene rings is 2. The number of halogens is 1. The minimum absolute atomic E-state index is 0.0723. The van der Waals surface area contributed by atoms with Gasteiger partial charge in [0, 0.05) is 38.3 Å². The normalized spacial score (nSPS) is 14.0. The molecule has 1 heterocycles. The van der Waals surface area contributed by atoms with Gasteiger partial charge in [0.25, 0.3) is 5.69 Å². The van der Waals surface area contributed by atoms with Crippen molar-refractivity contribution in [3.05, 3.63) is 57.9 Å². The topological polar surface area (TPSA) is 82.6 Å². The molecule has 8 heteroatoms. The second-order valence-electron chi connectivity index (χ2n) is 5.86. The van der Waals surface area contributed by atoms with Crippen LogP contribution in [-0.2, 0) is 0 Å². The molecule has 26 heavy (non-hydrogen) atoms.